The highest BCUT2D eigenvalue weighted by atomic mass is 16.5. The summed E-state index contributed by atoms with van der Waals surface area (Å²) >= 11 is 0. The van der Waals surface area contributed by atoms with Crippen LogP contribution in [0.15, 0.2) is 85.1 Å². The number of carbonyl (C=O) groups excluding carboxylic acids is 2. The van der Waals surface area contributed by atoms with Crippen molar-refractivity contribution >= 4 is 22.9 Å². The van der Waals surface area contributed by atoms with Gasteiger partial charge in [-0.2, -0.15) is 0 Å². The SMILES string of the molecule is COc1ccc(NC(=O)C(=O)c2c(-c3ccccc3)cc3ccccn23)cc1. The first-order chi connectivity index (χ1) is 13.7. The molecule has 0 spiro atoms. The third kappa shape index (κ3) is 3.25. The highest BCUT2D eigenvalue weighted by Crippen LogP contribution is 2.28. The quantitative estimate of drug-likeness (QED) is 0.417. The van der Waals surface area contributed by atoms with Crippen molar-refractivity contribution in [3.8, 4) is 16.9 Å². The standard InChI is InChI=1S/C23H18N2O3/c1-28-19-12-10-17(11-13-19)24-23(27)22(26)21-20(16-7-3-2-4-8-16)15-18-9-5-6-14-25(18)21/h2-15H,1H3,(H,24,27). The van der Waals surface area contributed by atoms with E-state index in [1.165, 1.54) is 0 Å². The molecule has 0 aliphatic rings. The molecule has 0 saturated heterocycles. The minimum atomic E-state index is -0.689. The summed E-state index contributed by atoms with van der Waals surface area (Å²) in [7, 11) is 1.57. The Morgan fingerprint density at radius 1 is 0.893 bits per heavy atom. The number of carbonyl (C=O) groups is 2. The van der Waals surface area contributed by atoms with E-state index >= 15 is 0 Å². The summed E-state index contributed by atoms with van der Waals surface area (Å²) in [6.07, 6.45) is 1.79. The predicted octanol–water partition coefficient (Wildman–Crippen LogP) is 4.44. The highest BCUT2D eigenvalue weighted by molar-refractivity contribution is 6.47. The number of nitrogens with one attached hydrogen (secondary N) is 1. The van der Waals surface area contributed by atoms with Crippen molar-refractivity contribution in [2.75, 3.05) is 12.4 Å². The summed E-state index contributed by atoms with van der Waals surface area (Å²) in [6, 6.07) is 24.0. The number of ketones is 1. The molecule has 0 bridgehead atoms. The van der Waals surface area contributed by atoms with Gasteiger partial charge in [-0.15, -0.1) is 0 Å². The maximum absolute atomic E-state index is 13.1. The number of ether oxygens (including phenoxy) is 1. The van der Waals surface area contributed by atoms with Gasteiger partial charge in [0.05, 0.1) is 7.11 Å². The van der Waals surface area contributed by atoms with Crippen LogP contribution in [0.4, 0.5) is 5.69 Å². The monoisotopic (exact) mass is 370 g/mol. The molecule has 1 amide bonds. The number of nitrogens with zero attached hydrogens (tertiary/aromatic N) is 1. The number of pyridine rings is 1. The van der Waals surface area contributed by atoms with Crippen LogP contribution in [0.1, 0.15) is 10.5 Å². The van der Waals surface area contributed by atoms with Crippen molar-refractivity contribution in [3.63, 3.8) is 0 Å². The average Bonchev–Trinajstić information content (AvgIpc) is 3.14. The average molecular weight is 370 g/mol. The van der Waals surface area contributed by atoms with Crippen molar-refractivity contribution in [2.45, 2.75) is 0 Å². The zero-order valence-electron chi connectivity index (χ0n) is 15.3. The largest absolute Gasteiger partial charge is 0.497 e. The van der Waals surface area contributed by atoms with Crippen LogP contribution >= 0.6 is 0 Å². The first-order valence-corrected chi connectivity index (χ1v) is 8.82. The maximum atomic E-state index is 13.1. The number of amides is 1. The van der Waals surface area contributed by atoms with Gasteiger partial charge in [0.1, 0.15) is 11.4 Å². The van der Waals surface area contributed by atoms with Crippen molar-refractivity contribution < 1.29 is 14.3 Å². The van der Waals surface area contributed by atoms with Gasteiger partial charge in [-0.25, -0.2) is 0 Å². The summed E-state index contributed by atoms with van der Waals surface area (Å²) in [5.41, 5.74) is 3.32. The van der Waals surface area contributed by atoms with Gasteiger partial charge in [0.25, 0.3) is 11.7 Å². The molecule has 0 saturated carbocycles. The van der Waals surface area contributed by atoms with Crippen LogP contribution in [0, 0.1) is 0 Å². The van der Waals surface area contributed by atoms with Crippen LogP contribution < -0.4 is 10.1 Å². The van der Waals surface area contributed by atoms with E-state index in [1.807, 2.05) is 54.6 Å². The lowest BCUT2D eigenvalue weighted by molar-refractivity contribution is -0.112. The second-order valence-corrected chi connectivity index (χ2v) is 6.28. The van der Waals surface area contributed by atoms with E-state index in [1.54, 1.807) is 42.0 Å². The van der Waals surface area contributed by atoms with Crippen LogP contribution in [0.25, 0.3) is 16.6 Å². The van der Waals surface area contributed by atoms with Crippen molar-refractivity contribution in [1.29, 1.82) is 0 Å². The van der Waals surface area contributed by atoms with E-state index in [-0.39, 0.29) is 0 Å². The van der Waals surface area contributed by atoms with Gasteiger partial charge in [-0.3, -0.25) is 9.59 Å². The molecular formula is C23H18N2O3. The molecule has 2 aromatic carbocycles. The van der Waals surface area contributed by atoms with Crippen LogP contribution in [0.3, 0.4) is 0 Å². The van der Waals surface area contributed by atoms with E-state index in [2.05, 4.69) is 5.32 Å². The van der Waals surface area contributed by atoms with Gasteiger partial charge < -0.3 is 14.5 Å². The van der Waals surface area contributed by atoms with E-state index in [0.29, 0.717) is 17.1 Å². The zero-order chi connectivity index (χ0) is 19.5. The zero-order valence-corrected chi connectivity index (χ0v) is 15.3. The first kappa shape index (κ1) is 17.5. The molecule has 0 fully saturated rings. The Morgan fingerprint density at radius 2 is 1.61 bits per heavy atom. The second-order valence-electron chi connectivity index (χ2n) is 6.28. The van der Waals surface area contributed by atoms with Crippen LogP contribution in [0.2, 0.25) is 0 Å². The summed E-state index contributed by atoms with van der Waals surface area (Å²) in [4.78, 5) is 25.8. The fourth-order valence-corrected chi connectivity index (χ4v) is 3.16. The lowest BCUT2D eigenvalue weighted by Gasteiger charge is -2.08. The van der Waals surface area contributed by atoms with Crippen molar-refractivity contribution in [3.05, 3.63) is 90.8 Å². The van der Waals surface area contributed by atoms with Crippen LogP contribution in [0.5, 0.6) is 5.75 Å². The minimum Gasteiger partial charge on any atom is -0.497 e. The number of aromatic nitrogens is 1. The van der Waals surface area contributed by atoms with E-state index in [9.17, 15) is 9.59 Å². The van der Waals surface area contributed by atoms with Gasteiger partial charge in [0, 0.05) is 23.0 Å². The molecule has 2 aromatic heterocycles. The molecular weight excluding hydrogens is 352 g/mol. The summed E-state index contributed by atoms with van der Waals surface area (Å²) in [6.45, 7) is 0. The Hall–Kier alpha value is -3.86. The Balaban J connectivity index is 1.72. The lowest BCUT2D eigenvalue weighted by Crippen LogP contribution is -2.24. The molecule has 5 heteroatoms. The van der Waals surface area contributed by atoms with Gasteiger partial charge >= 0.3 is 0 Å². The normalized spacial score (nSPS) is 10.6. The Labute approximate surface area is 162 Å². The smallest absolute Gasteiger partial charge is 0.298 e. The fraction of sp³-hybridized carbons (Fsp3) is 0.0435. The summed E-state index contributed by atoms with van der Waals surface area (Å²) < 4.78 is 6.86. The third-order valence-corrected chi connectivity index (χ3v) is 4.53. The van der Waals surface area contributed by atoms with Gasteiger partial charge in [0.2, 0.25) is 0 Å². The predicted molar refractivity (Wildman–Crippen MR) is 109 cm³/mol. The van der Waals surface area contributed by atoms with Gasteiger partial charge in [-0.05, 0) is 48.0 Å². The number of benzene rings is 2. The number of anilines is 1. The van der Waals surface area contributed by atoms with Crippen LogP contribution in [-0.2, 0) is 4.79 Å². The molecule has 1 N–H and O–H groups in total. The molecule has 4 aromatic rings. The molecule has 0 aliphatic carbocycles. The highest BCUT2D eigenvalue weighted by Gasteiger charge is 2.24. The number of Topliss-reactive ketones (excluding diaryl/α,β-unsaturated/α-hetero) is 1. The van der Waals surface area contributed by atoms with Crippen molar-refractivity contribution in [1.82, 2.24) is 4.40 Å². The maximum Gasteiger partial charge on any atom is 0.298 e. The number of hydrogen-bond donors (Lipinski definition) is 1. The molecule has 4 rings (SSSR count). The molecule has 2 heterocycles. The fourth-order valence-electron chi connectivity index (χ4n) is 3.16. The molecule has 138 valence electrons. The lowest BCUT2D eigenvalue weighted by atomic mass is 10.0. The van der Waals surface area contributed by atoms with E-state index < -0.39 is 11.7 Å². The molecule has 0 unspecified atom stereocenters. The van der Waals surface area contributed by atoms with Crippen LogP contribution in [-0.4, -0.2) is 23.2 Å². The number of fused-ring (bicyclic) bond motifs is 1. The first-order valence-electron chi connectivity index (χ1n) is 8.82. The molecule has 0 atom stereocenters. The molecule has 5 nitrogen and oxygen atoms in total. The summed E-state index contributed by atoms with van der Waals surface area (Å²) in [5, 5.41) is 2.67. The van der Waals surface area contributed by atoms with Gasteiger partial charge in [0.15, 0.2) is 0 Å². The molecule has 0 aliphatic heterocycles. The number of hydrogen-bond acceptors (Lipinski definition) is 3. The second kappa shape index (κ2) is 7.40. The van der Waals surface area contributed by atoms with Gasteiger partial charge in [-0.1, -0.05) is 36.4 Å². The Kier molecular flexibility index (Phi) is 4.64. The summed E-state index contributed by atoms with van der Waals surface area (Å²) in [5.74, 6) is -0.611. The number of rotatable bonds is 5. The van der Waals surface area contributed by atoms with E-state index in [0.717, 1.165) is 16.6 Å². The Bertz CT molecular complexity index is 1150. The minimum absolute atomic E-state index is 0.341. The Morgan fingerprint density at radius 3 is 2.32 bits per heavy atom. The van der Waals surface area contributed by atoms with Crippen molar-refractivity contribution in [2.24, 2.45) is 0 Å². The third-order valence-electron chi connectivity index (χ3n) is 4.53. The molecule has 0 radical (unpaired) electrons. The van der Waals surface area contributed by atoms with E-state index in [4.69, 9.17) is 4.74 Å². The number of methoxy groups -OCH3 is 1. The molecule has 28 heavy (non-hydrogen) atoms. The topological polar surface area (TPSA) is 59.8 Å².